The first-order valence-electron chi connectivity index (χ1n) is 7.13. The number of nitrogens with zero attached hydrogens (tertiary/aromatic N) is 2. The number of rotatable bonds is 2. The Morgan fingerprint density at radius 2 is 2.15 bits per heavy atom. The lowest BCUT2D eigenvalue weighted by atomic mass is 9.88. The number of hydrogen-bond acceptors (Lipinski definition) is 5. The minimum atomic E-state index is 0.0770. The van der Waals surface area contributed by atoms with Gasteiger partial charge in [-0.3, -0.25) is 0 Å². The summed E-state index contributed by atoms with van der Waals surface area (Å²) in [7, 11) is 0. The Labute approximate surface area is 116 Å². The number of phenolic OH excluding ortho intramolecular Hbond substituents is 1. The van der Waals surface area contributed by atoms with E-state index in [1.807, 2.05) is 0 Å². The Morgan fingerprint density at radius 1 is 1.25 bits per heavy atom. The van der Waals surface area contributed by atoms with Gasteiger partial charge in [0.2, 0.25) is 0 Å². The Morgan fingerprint density at radius 3 is 2.85 bits per heavy atom. The number of nitrogens with two attached hydrogens (primary N) is 1. The molecule has 5 nitrogen and oxygen atoms in total. The van der Waals surface area contributed by atoms with Gasteiger partial charge in [0.1, 0.15) is 5.75 Å². The quantitative estimate of drug-likeness (QED) is 0.820. The highest BCUT2D eigenvalue weighted by Crippen LogP contribution is 2.52. The second-order valence-corrected chi connectivity index (χ2v) is 6.02. The number of fused-ring (bicyclic) bond motifs is 2. The maximum Gasteiger partial charge on any atom is 0.261 e. The summed E-state index contributed by atoms with van der Waals surface area (Å²) in [5.74, 6) is 3.24. The van der Waals surface area contributed by atoms with Gasteiger partial charge in [-0.2, -0.15) is 4.98 Å². The van der Waals surface area contributed by atoms with Crippen LogP contribution in [-0.2, 0) is 0 Å². The van der Waals surface area contributed by atoms with Crippen molar-refractivity contribution in [1.29, 1.82) is 0 Å². The number of benzene rings is 1. The maximum absolute atomic E-state index is 9.92. The fourth-order valence-electron chi connectivity index (χ4n) is 3.79. The van der Waals surface area contributed by atoms with E-state index in [0.717, 1.165) is 11.7 Å². The van der Waals surface area contributed by atoms with Crippen LogP contribution < -0.4 is 5.73 Å². The molecule has 1 heterocycles. The van der Waals surface area contributed by atoms with Crippen LogP contribution >= 0.6 is 0 Å². The van der Waals surface area contributed by atoms with Crippen molar-refractivity contribution in [2.45, 2.75) is 31.6 Å². The summed E-state index contributed by atoms with van der Waals surface area (Å²) in [6, 6.07) is 4.93. The topological polar surface area (TPSA) is 85.2 Å². The summed E-state index contributed by atoms with van der Waals surface area (Å²) in [5.41, 5.74) is 6.68. The lowest BCUT2D eigenvalue weighted by Gasteiger charge is -2.17. The molecular formula is C15H17N3O2. The molecule has 2 aliphatic rings. The van der Waals surface area contributed by atoms with Gasteiger partial charge in [-0.15, -0.1) is 0 Å². The minimum Gasteiger partial charge on any atom is -0.507 e. The van der Waals surface area contributed by atoms with Crippen molar-refractivity contribution in [3.8, 4) is 17.2 Å². The molecule has 0 aliphatic heterocycles. The van der Waals surface area contributed by atoms with Gasteiger partial charge in [0.25, 0.3) is 5.89 Å². The van der Waals surface area contributed by atoms with Crippen LogP contribution in [0.2, 0.25) is 0 Å². The highest BCUT2D eigenvalue weighted by molar-refractivity contribution is 5.66. The van der Waals surface area contributed by atoms with Gasteiger partial charge in [0.05, 0.1) is 5.56 Å². The van der Waals surface area contributed by atoms with E-state index >= 15 is 0 Å². The zero-order valence-electron chi connectivity index (χ0n) is 11.1. The summed E-state index contributed by atoms with van der Waals surface area (Å²) in [4.78, 5) is 4.49. The summed E-state index contributed by atoms with van der Waals surface area (Å²) < 4.78 is 5.33. The molecule has 0 radical (unpaired) electrons. The predicted molar refractivity (Wildman–Crippen MR) is 74.0 cm³/mol. The monoisotopic (exact) mass is 271 g/mol. The molecule has 4 rings (SSSR count). The number of nitrogen functional groups attached to an aromatic ring is 1. The van der Waals surface area contributed by atoms with Gasteiger partial charge in [-0.25, -0.2) is 0 Å². The molecule has 2 fully saturated rings. The van der Waals surface area contributed by atoms with E-state index in [1.54, 1.807) is 12.1 Å². The van der Waals surface area contributed by atoms with Gasteiger partial charge in [0, 0.05) is 17.7 Å². The van der Waals surface area contributed by atoms with Gasteiger partial charge in [-0.1, -0.05) is 11.6 Å². The van der Waals surface area contributed by atoms with Crippen molar-refractivity contribution >= 4 is 5.69 Å². The summed E-state index contributed by atoms with van der Waals surface area (Å²) in [5, 5.41) is 14.0. The van der Waals surface area contributed by atoms with Crippen LogP contribution in [0, 0.1) is 11.8 Å². The minimum absolute atomic E-state index is 0.0770. The Kier molecular flexibility index (Phi) is 2.49. The van der Waals surface area contributed by atoms with Crippen LogP contribution in [0.4, 0.5) is 5.69 Å². The normalized spacial score (nSPS) is 28.1. The second kappa shape index (κ2) is 4.23. The number of phenols is 1. The Balaban J connectivity index is 1.65. The van der Waals surface area contributed by atoms with E-state index in [2.05, 4.69) is 10.1 Å². The molecule has 1 aromatic carbocycles. The van der Waals surface area contributed by atoms with E-state index in [9.17, 15) is 5.11 Å². The fourth-order valence-corrected chi connectivity index (χ4v) is 3.79. The smallest absolute Gasteiger partial charge is 0.261 e. The molecule has 2 saturated carbocycles. The third-order valence-electron chi connectivity index (χ3n) is 4.76. The Hall–Kier alpha value is -2.04. The van der Waals surface area contributed by atoms with E-state index in [-0.39, 0.29) is 5.75 Å². The van der Waals surface area contributed by atoms with Crippen molar-refractivity contribution < 1.29 is 9.63 Å². The molecule has 2 aliphatic carbocycles. The predicted octanol–water partition coefficient (Wildman–Crippen LogP) is 2.93. The highest BCUT2D eigenvalue weighted by atomic mass is 16.5. The van der Waals surface area contributed by atoms with E-state index in [0.29, 0.717) is 29.0 Å². The van der Waals surface area contributed by atoms with Crippen LogP contribution in [0.25, 0.3) is 11.5 Å². The van der Waals surface area contributed by atoms with Gasteiger partial charge in [-0.05, 0) is 43.2 Å². The van der Waals surface area contributed by atoms with Crippen molar-refractivity contribution in [2.24, 2.45) is 11.8 Å². The van der Waals surface area contributed by atoms with Crippen molar-refractivity contribution in [3.63, 3.8) is 0 Å². The molecule has 0 amide bonds. The zero-order valence-corrected chi connectivity index (χ0v) is 11.1. The number of aromatic nitrogens is 2. The van der Waals surface area contributed by atoms with Crippen molar-refractivity contribution in [2.75, 3.05) is 5.73 Å². The zero-order chi connectivity index (χ0) is 13.7. The van der Waals surface area contributed by atoms with Gasteiger partial charge in [0.15, 0.2) is 5.82 Å². The fraction of sp³-hybridized carbons (Fsp3) is 0.467. The molecule has 1 aromatic heterocycles. The number of aromatic hydroxyl groups is 1. The van der Waals surface area contributed by atoms with Crippen molar-refractivity contribution in [1.82, 2.24) is 10.1 Å². The summed E-state index contributed by atoms with van der Waals surface area (Å²) in [6.45, 7) is 0. The first-order chi connectivity index (χ1) is 9.70. The molecule has 3 N–H and O–H groups in total. The molecule has 3 unspecified atom stereocenters. The molecule has 20 heavy (non-hydrogen) atoms. The van der Waals surface area contributed by atoms with E-state index < -0.39 is 0 Å². The van der Waals surface area contributed by atoms with Gasteiger partial charge < -0.3 is 15.4 Å². The molecule has 2 aromatic rings. The van der Waals surface area contributed by atoms with Crippen LogP contribution in [-0.4, -0.2) is 15.2 Å². The van der Waals surface area contributed by atoms with Crippen molar-refractivity contribution in [3.05, 3.63) is 24.0 Å². The first kappa shape index (κ1) is 11.8. The molecule has 2 bridgehead atoms. The molecule has 0 saturated heterocycles. The third kappa shape index (κ3) is 1.77. The van der Waals surface area contributed by atoms with Crippen LogP contribution in [0.15, 0.2) is 22.7 Å². The van der Waals surface area contributed by atoms with Gasteiger partial charge >= 0.3 is 0 Å². The molecule has 0 spiro atoms. The largest absolute Gasteiger partial charge is 0.507 e. The third-order valence-corrected chi connectivity index (χ3v) is 4.76. The molecule has 3 atom stereocenters. The van der Waals surface area contributed by atoms with E-state index in [4.69, 9.17) is 10.3 Å². The lowest BCUT2D eigenvalue weighted by molar-refractivity contribution is 0.371. The SMILES string of the molecule is Nc1ccc(-c2nc(C3CC4CCC3C4)no2)c(O)c1. The Bertz CT molecular complexity index is 652. The number of hydrogen-bond donors (Lipinski definition) is 2. The second-order valence-electron chi connectivity index (χ2n) is 6.02. The highest BCUT2D eigenvalue weighted by Gasteiger charge is 2.42. The van der Waals surface area contributed by atoms with Crippen LogP contribution in [0.1, 0.15) is 37.4 Å². The standard InChI is InChI=1S/C15H17N3O2/c16-10-3-4-11(13(19)7-10)15-17-14(18-20-15)12-6-8-1-2-9(12)5-8/h3-4,7-9,12,19H,1-2,5-6,16H2. The first-order valence-corrected chi connectivity index (χ1v) is 7.13. The summed E-state index contributed by atoms with van der Waals surface area (Å²) >= 11 is 0. The number of anilines is 1. The maximum atomic E-state index is 9.92. The average Bonchev–Trinajstić information content (AvgIpc) is 3.14. The van der Waals surface area contributed by atoms with Crippen LogP contribution in [0.3, 0.4) is 0 Å². The lowest BCUT2D eigenvalue weighted by Crippen LogP contribution is -2.09. The van der Waals surface area contributed by atoms with Crippen LogP contribution in [0.5, 0.6) is 5.75 Å². The molecule has 104 valence electrons. The average molecular weight is 271 g/mol. The summed E-state index contributed by atoms with van der Waals surface area (Å²) in [6.07, 6.45) is 5.12. The molecular weight excluding hydrogens is 254 g/mol. The molecule has 5 heteroatoms. The van der Waals surface area contributed by atoms with E-state index in [1.165, 1.54) is 31.7 Å².